The van der Waals surface area contributed by atoms with Crippen molar-refractivity contribution in [2.45, 2.75) is 52.4 Å². The minimum atomic E-state index is 0. The van der Waals surface area contributed by atoms with Crippen LogP contribution in [0.1, 0.15) is 52.4 Å². The number of ether oxygens (including phenoxy) is 1. The molecular formula is C10H22OSn. The minimum Gasteiger partial charge on any atom is -0.381 e. The molecular weight excluding hydrogens is 255 g/mol. The van der Waals surface area contributed by atoms with Crippen molar-refractivity contribution in [1.82, 2.24) is 0 Å². The number of hydrogen-bond acceptors (Lipinski definition) is 1. The first-order chi connectivity index (χ1) is 5.41. The van der Waals surface area contributed by atoms with E-state index >= 15 is 0 Å². The summed E-state index contributed by atoms with van der Waals surface area (Å²) < 4.78 is 5.44. The third-order valence-electron chi connectivity index (χ3n) is 1.78. The number of rotatable bonds is 8. The van der Waals surface area contributed by atoms with Crippen molar-refractivity contribution in [3.8, 4) is 0 Å². The van der Waals surface area contributed by atoms with Crippen LogP contribution in [0.3, 0.4) is 0 Å². The normalized spacial score (nSPS) is 9.50. The molecule has 0 amide bonds. The molecule has 0 N–H and O–H groups in total. The van der Waals surface area contributed by atoms with Crippen LogP contribution in [0.25, 0.3) is 0 Å². The van der Waals surface area contributed by atoms with E-state index in [0.29, 0.717) is 0 Å². The zero-order valence-electron chi connectivity index (χ0n) is 8.57. The molecule has 0 aliphatic heterocycles. The number of hydrogen-bond donors (Lipinski definition) is 0. The summed E-state index contributed by atoms with van der Waals surface area (Å²) in [6.07, 6.45) is 7.68. The smallest absolute Gasteiger partial charge is 0.0466 e. The second-order valence-electron chi connectivity index (χ2n) is 3.03. The Balaban J connectivity index is 0. The molecule has 0 rings (SSSR count). The molecule has 12 heavy (non-hydrogen) atoms. The van der Waals surface area contributed by atoms with Crippen molar-refractivity contribution in [3.63, 3.8) is 0 Å². The average Bonchev–Trinajstić information content (AvgIpc) is 2.03. The molecule has 0 aromatic heterocycles. The number of unbranched alkanes of at least 4 members (excludes halogenated alkanes) is 4. The summed E-state index contributed by atoms with van der Waals surface area (Å²) in [6.45, 7) is 6.38. The van der Waals surface area contributed by atoms with Crippen LogP contribution in [0.2, 0.25) is 0 Å². The largest absolute Gasteiger partial charge is 0.381 e. The predicted octanol–water partition coefficient (Wildman–Crippen LogP) is 3.00. The van der Waals surface area contributed by atoms with Gasteiger partial charge < -0.3 is 4.74 Å². The Morgan fingerprint density at radius 2 is 1.17 bits per heavy atom. The van der Waals surface area contributed by atoms with Gasteiger partial charge in [0.15, 0.2) is 0 Å². The van der Waals surface area contributed by atoms with Gasteiger partial charge in [-0.25, -0.2) is 0 Å². The van der Waals surface area contributed by atoms with E-state index in [1.807, 2.05) is 0 Å². The first kappa shape index (κ1) is 15.2. The molecule has 0 atom stereocenters. The van der Waals surface area contributed by atoms with Gasteiger partial charge in [-0.3, -0.25) is 0 Å². The SMILES string of the molecule is CCCCCOCCCCC.[Sn]. The zero-order valence-corrected chi connectivity index (χ0v) is 11.4. The molecule has 0 spiro atoms. The zero-order chi connectivity index (χ0) is 8.36. The topological polar surface area (TPSA) is 9.23 Å². The van der Waals surface area contributed by atoms with E-state index in [-0.39, 0.29) is 23.9 Å². The molecule has 0 aliphatic rings. The molecule has 0 bridgehead atoms. The maximum Gasteiger partial charge on any atom is 0.0466 e. The Morgan fingerprint density at radius 3 is 1.50 bits per heavy atom. The second-order valence-corrected chi connectivity index (χ2v) is 3.03. The van der Waals surface area contributed by atoms with Gasteiger partial charge in [0.2, 0.25) is 0 Å². The molecule has 0 aromatic carbocycles. The molecule has 0 aromatic rings. The van der Waals surface area contributed by atoms with Crippen LogP contribution in [0.5, 0.6) is 0 Å². The van der Waals surface area contributed by atoms with Gasteiger partial charge in [-0.15, -0.1) is 0 Å². The first-order valence-corrected chi connectivity index (χ1v) is 4.99. The average molecular weight is 277 g/mol. The quantitative estimate of drug-likeness (QED) is 0.489. The Hall–Kier alpha value is 0.759. The van der Waals surface area contributed by atoms with E-state index in [4.69, 9.17) is 4.74 Å². The molecule has 72 valence electrons. The van der Waals surface area contributed by atoms with Crippen LogP contribution < -0.4 is 0 Å². The second kappa shape index (κ2) is 14.3. The molecule has 0 saturated heterocycles. The van der Waals surface area contributed by atoms with Crippen molar-refractivity contribution >= 4 is 23.9 Å². The Kier molecular flexibility index (Phi) is 18.2. The summed E-state index contributed by atoms with van der Waals surface area (Å²) in [5, 5.41) is 0. The van der Waals surface area contributed by atoms with Crippen molar-refractivity contribution in [2.24, 2.45) is 0 Å². The summed E-state index contributed by atoms with van der Waals surface area (Å²) >= 11 is 0. The summed E-state index contributed by atoms with van der Waals surface area (Å²) in [5.74, 6) is 0. The van der Waals surface area contributed by atoms with E-state index in [1.165, 1.54) is 38.5 Å². The van der Waals surface area contributed by atoms with Crippen LogP contribution in [0.15, 0.2) is 0 Å². The fraction of sp³-hybridized carbons (Fsp3) is 1.00. The molecule has 0 heterocycles. The first-order valence-electron chi connectivity index (χ1n) is 4.99. The van der Waals surface area contributed by atoms with E-state index in [2.05, 4.69) is 13.8 Å². The van der Waals surface area contributed by atoms with Crippen LogP contribution >= 0.6 is 0 Å². The summed E-state index contributed by atoms with van der Waals surface area (Å²) in [6, 6.07) is 0. The van der Waals surface area contributed by atoms with E-state index in [0.717, 1.165) is 13.2 Å². The Bertz CT molecular complexity index is 58.9. The van der Waals surface area contributed by atoms with Gasteiger partial charge in [0, 0.05) is 37.1 Å². The van der Waals surface area contributed by atoms with Gasteiger partial charge in [-0.2, -0.15) is 0 Å². The predicted molar refractivity (Wildman–Crippen MR) is 55.6 cm³/mol. The van der Waals surface area contributed by atoms with E-state index < -0.39 is 0 Å². The van der Waals surface area contributed by atoms with Gasteiger partial charge in [0.05, 0.1) is 0 Å². The summed E-state index contributed by atoms with van der Waals surface area (Å²) in [5.41, 5.74) is 0. The van der Waals surface area contributed by atoms with E-state index in [1.54, 1.807) is 0 Å². The van der Waals surface area contributed by atoms with Crippen LogP contribution in [-0.2, 0) is 4.74 Å². The Morgan fingerprint density at radius 1 is 0.750 bits per heavy atom. The van der Waals surface area contributed by atoms with Gasteiger partial charge >= 0.3 is 0 Å². The third kappa shape index (κ3) is 13.4. The monoisotopic (exact) mass is 278 g/mol. The maximum absolute atomic E-state index is 5.44. The third-order valence-corrected chi connectivity index (χ3v) is 1.78. The van der Waals surface area contributed by atoms with Crippen LogP contribution in [0.4, 0.5) is 0 Å². The molecule has 1 nitrogen and oxygen atoms in total. The van der Waals surface area contributed by atoms with Crippen molar-refractivity contribution in [3.05, 3.63) is 0 Å². The molecule has 0 aliphatic carbocycles. The summed E-state index contributed by atoms with van der Waals surface area (Å²) in [4.78, 5) is 0. The Labute approximate surface area is 94.2 Å². The molecule has 4 radical (unpaired) electrons. The van der Waals surface area contributed by atoms with Gasteiger partial charge in [0.1, 0.15) is 0 Å². The summed E-state index contributed by atoms with van der Waals surface area (Å²) in [7, 11) is 0. The van der Waals surface area contributed by atoms with Gasteiger partial charge in [0.25, 0.3) is 0 Å². The standard InChI is InChI=1S/C10H22O.Sn/c1-3-5-7-9-11-10-8-6-4-2;/h3-10H2,1-2H3;. The fourth-order valence-corrected chi connectivity index (χ4v) is 1.01. The van der Waals surface area contributed by atoms with Crippen LogP contribution in [0, 0.1) is 0 Å². The van der Waals surface area contributed by atoms with Gasteiger partial charge in [-0.05, 0) is 12.8 Å². The van der Waals surface area contributed by atoms with Crippen molar-refractivity contribution < 1.29 is 4.74 Å². The van der Waals surface area contributed by atoms with E-state index in [9.17, 15) is 0 Å². The van der Waals surface area contributed by atoms with Crippen LogP contribution in [-0.4, -0.2) is 37.1 Å². The van der Waals surface area contributed by atoms with Gasteiger partial charge in [-0.1, -0.05) is 39.5 Å². The van der Waals surface area contributed by atoms with Crippen molar-refractivity contribution in [2.75, 3.05) is 13.2 Å². The fourth-order valence-electron chi connectivity index (χ4n) is 1.01. The minimum absolute atomic E-state index is 0. The molecule has 0 unspecified atom stereocenters. The van der Waals surface area contributed by atoms with Crippen molar-refractivity contribution in [1.29, 1.82) is 0 Å². The molecule has 2 heteroatoms. The molecule has 0 fully saturated rings. The maximum atomic E-state index is 5.44. The molecule has 0 saturated carbocycles.